The van der Waals surface area contributed by atoms with Gasteiger partial charge in [-0.05, 0) is 89.7 Å². The van der Waals surface area contributed by atoms with Gasteiger partial charge in [0.25, 0.3) is 0 Å². The SMILES string of the molecule is CO[C@H]1C[C@H](O[C@H]2CC[C@@]3(C)C(=CC[C@]4(O)[C@@H]3C[C@@H](OC(=O)/C=C\c3ccccc3)[C@@]3(C)[C@]4(O)CC[C@]3(O)[C@H](C)O)C2)O[C@H](C)[C@H]1O[C@H]1C[C@H](OC)[C@H](O[C@H]2C[C@H](OC)[C@H](O[C@@H]3O[C@H](CO[C@@H]4O[C@H](CO)[C@@H](O)[C@H](O)[C@H]4O)[C@@H](O)[C@H](O)[C@H]3O)[C@@H](C)O2)[C@@H](C)O1. The Morgan fingerprint density at radius 3 is 1.74 bits per heavy atom. The average molecular weight is 1270 g/mol. The van der Waals surface area contributed by atoms with Crippen molar-refractivity contribution in [2.24, 2.45) is 16.7 Å². The number of methoxy groups -OCH3 is 3. The van der Waals surface area contributed by atoms with Gasteiger partial charge in [-0.3, -0.25) is 0 Å². The molecule has 3 saturated carbocycles. The highest BCUT2D eigenvalue weighted by Crippen LogP contribution is 2.71. The Hall–Kier alpha value is -2.79. The number of ether oxygens (including phenoxy) is 14. The molecule has 1 aromatic rings. The van der Waals surface area contributed by atoms with Crippen LogP contribution in [0.5, 0.6) is 0 Å². The topological polar surface area (TPSA) is 369 Å². The first kappa shape index (κ1) is 69.1. The van der Waals surface area contributed by atoms with E-state index in [0.717, 1.165) is 11.1 Å². The first-order valence-electron chi connectivity index (χ1n) is 31.5. The fraction of sp³-hybridized carbons (Fsp3) is 0.825. The lowest BCUT2D eigenvalue weighted by Crippen LogP contribution is -2.78. The molecular formula is C63H96O26. The summed E-state index contributed by atoms with van der Waals surface area (Å²) in [5.74, 6) is -1.26. The Morgan fingerprint density at radius 1 is 0.663 bits per heavy atom. The predicted molar refractivity (Wildman–Crippen MR) is 307 cm³/mol. The van der Waals surface area contributed by atoms with Crippen LogP contribution in [0.4, 0.5) is 0 Å². The van der Waals surface area contributed by atoms with E-state index >= 15 is 0 Å². The minimum Gasteiger partial charge on any atom is -0.458 e. The number of hydrogen-bond acceptors (Lipinski definition) is 26. The molecule has 5 aliphatic heterocycles. The number of rotatable bonds is 19. The van der Waals surface area contributed by atoms with Crippen LogP contribution in [-0.2, 0) is 71.1 Å². The van der Waals surface area contributed by atoms with Crippen LogP contribution >= 0.6 is 0 Å². The van der Waals surface area contributed by atoms with Crippen molar-refractivity contribution < 1.29 is 127 Å². The first-order valence-corrected chi connectivity index (χ1v) is 31.5. The monoisotopic (exact) mass is 1270 g/mol. The van der Waals surface area contributed by atoms with Crippen LogP contribution < -0.4 is 0 Å². The van der Waals surface area contributed by atoms with Gasteiger partial charge in [-0.2, -0.15) is 0 Å². The smallest absolute Gasteiger partial charge is 0.331 e. The van der Waals surface area contributed by atoms with Gasteiger partial charge in [0.1, 0.15) is 90.1 Å². The fourth-order valence-corrected chi connectivity index (χ4v) is 16.3. The normalized spacial score (nSPS) is 49.7. The molecule has 8 fully saturated rings. The van der Waals surface area contributed by atoms with Crippen molar-refractivity contribution in [3.63, 3.8) is 0 Å². The molecule has 9 aliphatic rings. The summed E-state index contributed by atoms with van der Waals surface area (Å²) in [6, 6.07) is 9.28. The standard InChI is InChI=1S/C63H96O26/c1-30-54(87-46-25-38(77-8)55(31(2)81-46)88-47-26-39(78-9)56(32(3)82-47)89-58-53(72)51(70)49(68)41(85-58)29-79-57-52(71)50(69)48(67)40(28-64)84-57)37(76-7)24-45(80-30)83-36-18-19-59(5)35(23-36)17-20-62(74)42(59)27-43(86-44(66)16-15-34-13-11-10-12-14-34)60(6)61(73,33(4)65)21-22-63(60,62)75/h10-17,30-33,36-43,45-58,64-65,67-75H,18-29H2,1-9H3/b16-15-/t30-,31-,32-,33+,36+,37+,38+,39+,40-,41-,42-,43-,45+,46+,47+,48-,49-,50+,51+,52-,53-,54-,55-,56-,57-,58+,59+,60-,61+,62+,63-/m1/s1. The molecule has 11 N–H and O–H groups in total. The van der Waals surface area contributed by atoms with E-state index in [0.29, 0.717) is 25.7 Å². The van der Waals surface area contributed by atoms with E-state index in [1.165, 1.54) is 20.1 Å². The third kappa shape index (κ3) is 12.7. The zero-order valence-corrected chi connectivity index (χ0v) is 52.2. The lowest BCUT2D eigenvalue weighted by molar-refractivity contribution is -0.362. The van der Waals surface area contributed by atoms with Crippen molar-refractivity contribution in [2.75, 3.05) is 34.5 Å². The Morgan fingerprint density at radius 2 is 1.19 bits per heavy atom. The Labute approximate surface area is 518 Å². The summed E-state index contributed by atoms with van der Waals surface area (Å²) < 4.78 is 86.7. The molecule has 0 radical (unpaired) electrons. The molecule has 0 amide bonds. The number of aliphatic hydroxyl groups excluding tert-OH is 8. The van der Waals surface area contributed by atoms with E-state index in [9.17, 15) is 61.0 Å². The summed E-state index contributed by atoms with van der Waals surface area (Å²) in [6.07, 6.45) is -19.1. The lowest BCUT2D eigenvalue weighted by atomic mass is 9.42. The van der Waals surface area contributed by atoms with E-state index < -0.39 is 200 Å². The van der Waals surface area contributed by atoms with E-state index in [1.54, 1.807) is 34.1 Å². The predicted octanol–water partition coefficient (Wildman–Crippen LogP) is 0.141. The van der Waals surface area contributed by atoms with E-state index in [1.807, 2.05) is 50.3 Å². The summed E-state index contributed by atoms with van der Waals surface area (Å²) >= 11 is 0. The Bertz CT molecular complexity index is 2580. The molecule has 4 aliphatic carbocycles. The molecule has 10 rings (SSSR count). The number of hydrogen-bond donors (Lipinski definition) is 11. The van der Waals surface area contributed by atoms with Gasteiger partial charge in [0.15, 0.2) is 31.5 Å². The molecule has 0 unspecified atom stereocenters. The molecule has 504 valence electrons. The summed E-state index contributed by atoms with van der Waals surface area (Å²) in [5.41, 5.74) is -6.02. The van der Waals surface area contributed by atoms with Gasteiger partial charge in [-0.25, -0.2) is 4.79 Å². The second-order valence-electron chi connectivity index (χ2n) is 26.6. The average Bonchev–Trinajstić information content (AvgIpc) is 1.60. The molecule has 31 atom stereocenters. The highest BCUT2D eigenvalue weighted by Gasteiger charge is 2.81. The quantitative estimate of drug-likeness (QED) is 0.0498. The second-order valence-corrected chi connectivity index (χ2v) is 26.6. The number of carbonyl (C=O) groups is 1. The van der Waals surface area contributed by atoms with Crippen LogP contribution in [0.2, 0.25) is 0 Å². The lowest BCUT2D eigenvalue weighted by Gasteiger charge is -2.67. The van der Waals surface area contributed by atoms with Gasteiger partial charge in [0.05, 0.1) is 67.5 Å². The molecule has 1 aromatic carbocycles. The first-order chi connectivity index (χ1) is 42.2. The number of carbonyl (C=O) groups excluding carboxylic acids is 1. The fourth-order valence-electron chi connectivity index (χ4n) is 16.3. The van der Waals surface area contributed by atoms with Crippen molar-refractivity contribution in [1.29, 1.82) is 0 Å². The zero-order valence-electron chi connectivity index (χ0n) is 52.2. The van der Waals surface area contributed by atoms with Gasteiger partial charge in [0.2, 0.25) is 0 Å². The third-order valence-corrected chi connectivity index (χ3v) is 21.7. The van der Waals surface area contributed by atoms with Gasteiger partial charge >= 0.3 is 5.97 Å². The summed E-state index contributed by atoms with van der Waals surface area (Å²) in [5, 5.41) is 123. The Balaban J connectivity index is 0.727. The maximum atomic E-state index is 13.7. The van der Waals surface area contributed by atoms with Gasteiger partial charge in [-0.1, -0.05) is 55.8 Å². The zero-order chi connectivity index (χ0) is 64.3. The van der Waals surface area contributed by atoms with Crippen LogP contribution in [0.15, 0.2) is 48.1 Å². The molecule has 89 heavy (non-hydrogen) atoms. The number of aliphatic hydroxyl groups is 11. The van der Waals surface area contributed by atoms with E-state index in [2.05, 4.69) is 6.92 Å². The van der Waals surface area contributed by atoms with Crippen LogP contribution in [-0.4, -0.2) is 267 Å². The van der Waals surface area contributed by atoms with Crippen LogP contribution in [0, 0.1) is 16.7 Å². The molecule has 5 saturated heterocycles. The minimum atomic E-state index is -1.94. The molecule has 0 aromatic heterocycles. The number of benzene rings is 1. The van der Waals surface area contributed by atoms with Gasteiger partial charge in [-0.15, -0.1) is 0 Å². The summed E-state index contributed by atoms with van der Waals surface area (Å²) in [4.78, 5) is 13.7. The highest BCUT2D eigenvalue weighted by molar-refractivity contribution is 5.87. The largest absolute Gasteiger partial charge is 0.458 e. The summed E-state index contributed by atoms with van der Waals surface area (Å²) in [6.45, 7) is 9.40. The third-order valence-electron chi connectivity index (χ3n) is 21.7. The molecule has 5 heterocycles. The molecular weight excluding hydrogens is 1170 g/mol. The van der Waals surface area contributed by atoms with Crippen molar-refractivity contribution in [3.8, 4) is 0 Å². The van der Waals surface area contributed by atoms with Crippen LogP contribution in [0.3, 0.4) is 0 Å². The molecule has 26 nitrogen and oxygen atoms in total. The minimum absolute atomic E-state index is 0.0121. The van der Waals surface area contributed by atoms with Crippen LogP contribution in [0.25, 0.3) is 6.08 Å². The van der Waals surface area contributed by atoms with E-state index in [4.69, 9.17) is 66.3 Å². The van der Waals surface area contributed by atoms with Crippen molar-refractivity contribution in [3.05, 3.63) is 53.6 Å². The second kappa shape index (κ2) is 27.5. The van der Waals surface area contributed by atoms with Gasteiger partial charge in [0, 0.05) is 52.6 Å². The number of esters is 1. The number of fused-ring (bicyclic) bond motifs is 5. The van der Waals surface area contributed by atoms with Crippen molar-refractivity contribution in [2.45, 2.75) is 276 Å². The summed E-state index contributed by atoms with van der Waals surface area (Å²) in [7, 11) is 4.64. The molecule has 0 spiro atoms. The van der Waals surface area contributed by atoms with Gasteiger partial charge < -0.3 is 122 Å². The van der Waals surface area contributed by atoms with Crippen molar-refractivity contribution >= 4 is 12.0 Å². The van der Waals surface area contributed by atoms with E-state index in [-0.39, 0.29) is 44.6 Å². The van der Waals surface area contributed by atoms with Crippen LogP contribution in [0.1, 0.15) is 111 Å². The Kier molecular flexibility index (Phi) is 21.3. The highest BCUT2D eigenvalue weighted by atomic mass is 16.8. The molecule has 26 heteroatoms. The maximum Gasteiger partial charge on any atom is 0.331 e. The van der Waals surface area contributed by atoms with Crippen molar-refractivity contribution in [1.82, 2.24) is 0 Å². The maximum absolute atomic E-state index is 13.7. The molecule has 0 bridgehead atoms.